The van der Waals surface area contributed by atoms with Gasteiger partial charge in [0.05, 0.1) is 5.92 Å². The molecule has 2 nitrogen and oxygen atoms in total. The minimum atomic E-state index is 0.0352. The molecule has 0 aromatic rings. The summed E-state index contributed by atoms with van der Waals surface area (Å²) in [5, 5.41) is 0. The van der Waals surface area contributed by atoms with E-state index in [1.54, 1.807) is 0 Å². The largest absolute Gasteiger partial charge is 0.462 e. The second-order valence-corrected chi connectivity index (χ2v) is 4.25. The molecule has 0 bridgehead atoms. The first kappa shape index (κ1) is 11.5. The summed E-state index contributed by atoms with van der Waals surface area (Å²) in [5.74, 6) is 0.221. The van der Waals surface area contributed by atoms with E-state index >= 15 is 0 Å². The summed E-state index contributed by atoms with van der Waals surface area (Å²) in [7, 11) is 0. The fourth-order valence-corrected chi connectivity index (χ4v) is 2.03. The molecule has 0 radical (unpaired) electrons. The van der Waals surface area contributed by atoms with Crippen molar-refractivity contribution in [1.29, 1.82) is 0 Å². The maximum absolute atomic E-state index is 11.3. The van der Waals surface area contributed by atoms with Gasteiger partial charge in [0.2, 0.25) is 0 Å². The average molecular weight is 198 g/mol. The van der Waals surface area contributed by atoms with Gasteiger partial charge in [0.15, 0.2) is 0 Å². The van der Waals surface area contributed by atoms with Crippen molar-refractivity contribution in [2.45, 2.75) is 64.9 Å². The first-order valence-electron chi connectivity index (χ1n) is 5.98. The molecule has 1 fully saturated rings. The Morgan fingerprint density at radius 2 is 2.07 bits per heavy atom. The maximum Gasteiger partial charge on any atom is 0.309 e. The zero-order valence-corrected chi connectivity index (χ0v) is 9.42. The normalized spacial score (nSPS) is 26.6. The van der Waals surface area contributed by atoms with Crippen molar-refractivity contribution in [3.63, 3.8) is 0 Å². The second kappa shape index (κ2) is 6.05. The molecular weight excluding hydrogens is 176 g/mol. The van der Waals surface area contributed by atoms with Crippen LogP contribution in [0.15, 0.2) is 0 Å². The Bertz CT molecular complexity index is 177. The Kier molecular flexibility index (Phi) is 4.99. The lowest BCUT2D eigenvalue weighted by molar-refractivity contribution is -0.144. The van der Waals surface area contributed by atoms with E-state index in [-0.39, 0.29) is 18.0 Å². The number of hydrogen-bond donors (Lipinski definition) is 0. The van der Waals surface area contributed by atoms with Crippen LogP contribution in [0.25, 0.3) is 0 Å². The van der Waals surface area contributed by atoms with Crippen LogP contribution in [0.3, 0.4) is 0 Å². The molecule has 0 aromatic heterocycles. The average Bonchev–Trinajstić information content (AvgIpc) is 2.54. The molecular formula is C12H22O2. The molecule has 0 spiro atoms. The van der Waals surface area contributed by atoms with E-state index in [1.807, 2.05) is 0 Å². The molecule has 82 valence electrons. The molecule has 2 atom stereocenters. The van der Waals surface area contributed by atoms with Crippen LogP contribution in [0.5, 0.6) is 0 Å². The van der Waals surface area contributed by atoms with Gasteiger partial charge >= 0.3 is 5.97 Å². The molecule has 1 heterocycles. The summed E-state index contributed by atoms with van der Waals surface area (Å²) in [6.45, 7) is 4.27. The van der Waals surface area contributed by atoms with Gasteiger partial charge in [-0.15, -0.1) is 0 Å². The van der Waals surface area contributed by atoms with Crippen LogP contribution in [-0.4, -0.2) is 12.1 Å². The van der Waals surface area contributed by atoms with Crippen LogP contribution in [0.4, 0.5) is 0 Å². The summed E-state index contributed by atoms with van der Waals surface area (Å²) < 4.78 is 5.31. The first-order valence-corrected chi connectivity index (χ1v) is 5.98. The summed E-state index contributed by atoms with van der Waals surface area (Å²) >= 11 is 0. The number of carbonyl (C=O) groups excluding carboxylic acids is 1. The van der Waals surface area contributed by atoms with Gasteiger partial charge in [-0.25, -0.2) is 0 Å². The van der Waals surface area contributed by atoms with Gasteiger partial charge in [-0.1, -0.05) is 33.1 Å². The van der Waals surface area contributed by atoms with Crippen molar-refractivity contribution in [3.8, 4) is 0 Å². The lowest BCUT2D eigenvalue weighted by atomic mass is 9.99. The van der Waals surface area contributed by atoms with Crippen molar-refractivity contribution in [2.24, 2.45) is 5.92 Å². The monoisotopic (exact) mass is 198 g/mol. The van der Waals surface area contributed by atoms with E-state index in [1.165, 1.54) is 25.7 Å². The number of ether oxygens (including phenoxy) is 1. The second-order valence-electron chi connectivity index (χ2n) is 4.25. The molecule has 0 saturated carbocycles. The van der Waals surface area contributed by atoms with Crippen LogP contribution >= 0.6 is 0 Å². The van der Waals surface area contributed by atoms with Crippen LogP contribution < -0.4 is 0 Å². The highest BCUT2D eigenvalue weighted by Gasteiger charge is 2.32. The number of unbranched alkanes of at least 4 members (excludes halogenated alkanes) is 3. The molecule has 0 aromatic carbocycles. The summed E-state index contributed by atoms with van der Waals surface area (Å²) in [4.78, 5) is 11.3. The lowest BCUT2D eigenvalue weighted by Crippen LogP contribution is -2.06. The molecule has 1 saturated heterocycles. The molecule has 1 aliphatic heterocycles. The lowest BCUT2D eigenvalue weighted by Gasteiger charge is -2.07. The fraction of sp³-hybridized carbons (Fsp3) is 0.917. The predicted octanol–water partition coefficient (Wildman–Crippen LogP) is 3.30. The van der Waals surface area contributed by atoms with Gasteiger partial charge in [-0.05, 0) is 25.7 Å². The van der Waals surface area contributed by atoms with E-state index in [4.69, 9.17) is 4.74 Å². The number of carbonyl (C=O) groups is 1. The summed E-state index contributed by atoms with van der Waals surface area (Å²) in [5.41, 5.74) is 0. The van der Waals surface area contributed by atoms with Gasteiger partial charge < -0.3 is 4.74 Å². The molecule has 0 unspecified atom stereocenters. The van der Waals surface area contributed by atoms with Crippen molar-refractivity contribution in [2.75, 3.05) is 0 Å². The van der Waals surface area contributed by atoms with Crippen molar-refractivity contribution in [1.82, 2.24) is 0 Å². The smallest absolute Gasteiger partial charge is 0.309 e. The van der Waals surface area contributed by atoms with Gasteiger partial charge in [0, 0.05) is 0 Å². The maximum atomic E-state index is 11.3. The SMILES string of the molecule is CCCCCC[C@H]1C[C@@H](CC)C(=O)O1. The molecule has 1 aliphatic rings. The first-order chi connectivity index (χ1) is 6.77. The third-order valence-electron chi connectivity index (χ3n) is 3.04. The van der Waals surface area contributed by atoms with Gasteiger partial charge in [-0.2, -0.15) is 0 Å². The summed E-state index contributed by atoms with van der Waals surface area (Å²) in [6.07, 6.45) is 8.25. The minimum Gasteiger partial charge on any atom is -0.462 e. The third-order valence-corrected chi connectivity index (χ3v) is 3.04. The van der Waals surface area contributed by atoms with E-state index in [2.05, 4.69) is 13.8 Å². The molecule has 0 amide bonds. The highest BCUT2D eigenvalue weighted by atomic mass is 16.5. The van der Waals surface area contributed by atoms with Crippen LogP contribution in [-0.2, 0) is 9.53 Å². The van der Waals surface area contributed by atoms with E-state index in [0.717, 1.165) is 19.3 Å². The van der Waals surface area contributed by atoms with Crippen LogP contribution in [0, 0.1) is 5.92 Å². The Balaban J connectivity index is 2.12. The molecule has 14 heavy (non-hydrogen) atoms. The van der Waals surface area contributed by atoms with Crippen LogP contribution in [0.1, 0.15) is 58.8 Å². The number of rotatable bonds is 6. The topological polar surface area (TPSA) is 26.3 Å². The van der Waals surface area contributed by atoms with E-state index in [9.17, 15) is 4.79 Å². The standard InChI is InChI=1S/C12H22O2/c1-3-5-6-7-8-11-9-10(4-2)12(13)14-11/h10-11H,3-9H2,1-2H3/t10-,11+/m1/s1. The van der Waals surface area contributed by atoms with Gasteiger partial charge in [0.1, 0.15) is 6.10 Å². The van der Waals surface area contributed by atoms with Gasteiger partial charge in [0.25, 0.3) is 0 Å². The molecule has 2 heteroatoms. The molecule has 0 aliphatic carbocycles. The number of hydrogen-bond acceptors (Lipinski definition) is 2. The Morgan fingerprint density at radius 1 is 1.29 bits per heavy atom. The highest BCUT2D eigenvalue weighted by molar-refractivity contribution is 5.74. The van der Waals surface area contributed by atoms with E-state index in [0.29, 0.717) is 0 Å². The Hall–Kier alpha value is -0.530. The van der Waals surface area contributed by atoms with E-state index < -0.39 is 0 Å². The summed E-state index contributed by atoms with van der Waals surface area (Å²) in [6, 6.07) is 0. The van der Waals surface area contributed by atoms with Crippen LogP contribution in [0.2, 0.25) is 0 Å². The minimum absolute atomic E-state index is 0.0352. The third kappa shape index (κ3) is 3.32. The van der Waals surface area contributed by atoms with Crippen molar-refractivity contribution >= 4 is 5.97 Å². The fourth-order valence-electron chi connectivity index (χ4n) is 2.03. The Labute approximate surface area is 87.0 Å². The van der Waals surface area contributed by atoms with Crippen molar-refractivity contribution < 1.29 is 9.53 Å². The zero-order valence-electron chi connectivity index (χ0n) is 9.42. The quantitative estimate of drug-likeness (QED) is 0.483. The van der Waals surface area contributed by atoms with Gasteiger partial charge in [-0.3, -0.25) is 4.79 Å². The highest BCUT2D eigenvalue weighted by Crippen LogP contribution is 2.27. The number of cyclic esters (lactones) is 1. The van der Waals surface area contributed by atoms with Crippen molar-refractivity contribution in [3.05, 3.63) is 0 Å². The zero-order chi connectivity index (χ0) is 10.4. The molecule has 1 rings (SSSR count). The number of esters is 1. The Morgan fingerprint density at radius 3 is 2.64 bits per heavy atom. The molecule has 0 N–H and O–H groups in total. The predicted molar refractivity (Wildman–Crippen MR) is 57.0 cm³/mol.